The van der Waals surface area contributed by atoms with Crippen LogP contribution < -0.4 is 0 Å². The maximum absolute atomic E-state index is 12.6. The maximum atomic E-state index is 12.6. The van der Waals surface area contributed by atoms with Crippen molar-refractivity contribution in [1.82, 2.24) is 20.1 Å². The van der Waals surface area contributed by atoms with Crippen LogP contribution in [0.3, 0.4) is 0 Å². The Morgan fingerprint density at radius 1 is 1.05 bits per heavy atom. The maximum Gasteiger partial charge on any atom is 0.225 e. The molecule has 0 spiro atoms. The largest absolute Gasteiger partial charge is 0.342 e. The predicted molar refractivity (Wildman–Crippen MR) is 78.9 cm³/mol. The zero-order valence-electron chi connectivity index (χ0n) is 12.6. The highest BCUT2D eigenvalue weighted by Crippen LogP contribution is 2.38. The van der Waals surface area contributed by atoms with Gasteiger partial charge in [0.25, 0.3) is 0 Å². The number of piperidine rings is 1. The quantitative estimate of drug-likeness (QED) is 0.930. The molecule has 3 fully saturated rings. The summed E-state index contributed by atoms with van der Waals surface area (Å²) in [4.78, 5) is 19.3. The van der Waals surface area contributed by atoms with Gasteiger partial charge in [0.15, 0.2) is 5.82 Å². The van der Waals surface area contributed by atoms with Crippen molar-refractivity contribution in [3.8, 4) is 0 Å². The van der Waals surface area contributed by atoms with Crippen molar-refractivity contribution >= 4 is 5.91 Å². The van der Waals surface area contributed by atoms with Crippen LogP contribution in [0.2, 0.25) is 0 Å². The zero-order valence-corrected chi connectivity index (χ0v) is 12.6. The Balaban J connectivity index is 1.42. The molecule has 0 radical (unpaired) electrons. The first-order chi connectivity index (χ1) is 10.3. The van der Waals surface area contributed by atoms with Crippen molar-refractivity contribution in [3.63, 3.8) is 0 Å². The van der Waals surface area contributed by atoms with Gasteiger partial charge in [-0.25, -0.2) is 4.98 Å². The normalized spacial score (nSPS) is 27.2. The van der Waals surface area contributed by atoms with Crippen LogP contribution in [0.1, 0.15) is 74.9 Å². The molecule has 2 aliphatic carbocycles. The lowest BCUT2D eigenvalue weighted by Gasteiger charge is -2.33. The number of nitrogens with one attached hydrogen (secondary N) is 1. The van der Waals surface area contributed by atoms with E-state index >= 15 is 0 Å². The lowest BCUT2D eigenvalue weighted by atomic mass is 9.95. The highest BCUT2D eigenvalue weighted by atomic mass is 16.2. The second-order valence-corrected chi connectivity index (χ2v) is 6.96. The molecule has 1 saturated heterocycles. The minimum Gasteiger partial charge on any atom is -0.342 e. The SMILES string of the molecule is O=C(C1CCCC1)N1CCCC(c2n[nH]c(C3CC3)n2)C1. The fourth-order valence-corrected chi connectivity index (χ4v) is 3.83. The van der Waals surface area contributed by atoms with Gasteiger partial charge >= 0.3 is 0 Å². The summed E-state index contributed by atoms with van der Waals surface area (Å²) in [7, 11) is 0. The van der Waals surface area contributed by atoms with E-state index in [0.29, 0.717) is 17.7 Å². The summed E-state index contributed by atoms with van der Waals surface area (Å²) in [5.41, 5.74) is 0. The van der Waals surface area contributed by atoms with E-state index in [9.17, 15) is 4.79 Å². The molecule has 21 heavy (non-hydrogen) atoms. The summed E-state index contributed by atoms with van der Waals surface area (Å²) in [5, 5.41) is 7.52. The third kappa shape index (κ3) is 2.70. The molecule has 2 heterocycles. The molecule has 1 aromatic rings. The van der Waals surface area contributed by atoms with E-state index in [-0.39, 0.29) is 5.92 Å². The number of carbonyl (C=O) groups is 1. The van der Waals surface area contributed by atoms with Crippen LogP contribution in [-0.4, -0.2) is 39.1 Å². The van der Waals surface area contributed by atoms with Gasteiger partial charge in [-0.15, -0.1) is 0 Å². The van der Waals surface area contributed by atoms with Crippen LogP contribution in [0, 0.1) is 5.92 Å². The van der Waals surface area contributed by atoms with Gasteiger partial charge in [-0.3, -0.25) is 9.89 Å². The van der Waals surface area contributed by atoms with Gasteiger partial charge in [-0.2, -0.15) is 5.10 Å². The lowest BCUT2D eigenvalue weighted by molar-refractivity contribution is -0.136. The number of rotatable bonds is 3. The molecule has 1 aromatic heterocycles. The first-order valence-corrected chi connectivity index (χ1v) is 8.52. The van der Waals surface area contributed by atoms with Crippen molar-refractivity contribution in [1.29, 1.82) is 0 Å². The Kier molecular flexibility index (Phi) is 3.43. The minimum absolute atomic E-state index is 0.290. The molecule has 0 bridgehead atoms. The van der Waals surface area contributed by atoms with Crippen molar-refractivity contribution in [2.75, 3.05) is 13.1 Å². The molecule has 0 aromatic carbocycles. The van der Waals surface area contributed by atoms with Gasteiger partial charge in [0.05, 0.1) is 0 Å². The number of aromatic amines is 1. The Bertz CT molecular complexity index is 516. The smallest absolute Gasteiger partial charge is 0.225 e. The number of amides is 1. The molecule has 5 nitrogen and oxygen atoms in total. The predicted octanol–water partition coefficient (Wildman–Crippen LogP) is 2.58. The van der Waals surface area contributed by atoms with E-state index in [2.05, 4.69) is 20.1 Å². The monoisotopic (exact) mass is 288 g/mol. The Morgan fingerprint density at radius 3 is 2.62 bits per heavy atom. The number of H-pyrrole nitrogens is 1. The third-order valence-corrected chi connectivity index (χ3v) is 5.29. The molecule has 114 valence electrons. The summed E-state index contributed by atoms with van der Waals surface area (Å²) in [6, 6.07) is 0. The van der Waals surface area contributed by atoms with Gasteiger partial charge in [-0.1, -0.05) is 12.8 Å². The molecule has 1 amide bonds. The fourth-order valence-electron chi connectivity index (χ4n) is 3.83. The molecule has 2 saturated carbocycles. The van der Waals surface area contributed by atoms with Crippen LogP contribution >= 0.6 is 0 Å². The average Bonchev–Trinajstić information content (AvgIpc) is 3.05. The second kappa shape index (κ2) is 5.43. The third-order valence-electron chi connectivity index (χ3n) is 5.29. The first-order valence-electron chi connectivity index (χ1n) is 8.52. The van der Waals surface area contributed by atoms with Gasteiger partial charge in [0.2, 0.25) is 5.91 Å². The minimum atomic E-state index is 0.290. The number of carbonyl (C=O) groups excluding carboxylic acids is 1. The summed E-state index contributed by atoms with van der Waals surface area (Å²) in [6.07, 6.45) is 9.29. The summed E-state index contributed by atoms with van der Waals surface area (Å²) >= 11 is 0. The molecule has 4 rings (SSSR count). The average molecular weight is 288 g/mol. The Labute approximate surface area is 125 Å². The van der Waals surface area contributed by atoms with Crippen LogP contribution in [0.5, 0.6) is 0 Å². The second-order valence-electron chi connectivity index (χ2n) is 6.96. The molecule has 1 aliphatic heterocycles. The van der Waals surface area contributed by atoms with Crippen molar-refractivity contribution in [2.45, 2.75) is 63.2 Å². The molecule has 3 aliphatic rings. The van der Waals surface area contributed by atoms with Gasteiger partial charge in [0, 0.05) is 30.8 Å². The standard InChI is InChI=1S/C16H24N4O/c21-16(12-4-1-2-5-12)20-9-3-6-13(10-20)15-17-14(18-19-15)11-7-8-11/h11-13H,1-10H2,(H,17,18,19). The van der Waals surface area contributed by atoms with Crippen molar-refractivity contribution in [3.05, 3.63) is 11.6 Å². The van der Waals surface area contributed by atoms with Crippen molar-refractivity contribution in [2.24, 2.45) is 5.92 Å². The summed E-state index contributed by atoms with van der Waals surface area (Å²) < 4.78 is 0. The summed E-state index contributed by atoms with van der Waals surface area (Å²) in [5.74, 6) is 3.61. The zero-order chi connectivity index (χ0) is 14.2. The van der Waals surface area contributed by atoms with Crippen LogP contribution in [0.15, 0.2) is 0 Å². The van der Waals surface area contributed by atoms with Crippen molar-refractivity contribution < 1.29 is 4.79 Å². The highest BCUT2D eigenvalue weighted by Gasteiger charge is 2.33. The topological polar surface area (TPSA) is 61.9 Å². The van der Waals surface area contributed by atoms with Crippen LogP contribution in [0.25, 0.3) is 0 Å². The number of hydrogen-bond donors (Lipinski definition) is 1. The Morgan fingerprint density at radius 2 is 1.86 bits per heavy atom. The fraction of sp³-hybridized carbons (Fsp3) is 0.812. The summed E-state index contributed by atoms with van der Waals surface area (Å²) in [6.45, 7) is 1.74. The van der Waals surface area contributed by atoms with E-state index < -0.39 is 0 Å². The first kappa shape index (κ1) is 13.3. The number of nitrogens with zero attached hydrogens (tertiary/aromatic N) is 3. The highest BCUT2D eigenvalue weighted by molar-refractivity contribution is 5.79. The molecule has 5 heteroatoms. The van der Waals surface area contributed by atoms with E-state index in [1.54, 1.807) is 0 Å². The molecule has 1 atom stereocenters. The Hall–Kier alpha value is -1.39. The number of hydrogen-bond acceptors (Lipinski definition) is 3. The molecule has 1 unspecified atom stereocenters. The lowest BCUT2D eigenvalue weighted by Crippen LogP contribution is -2.42. The van der Waals surface area contributed by atoms with Gasteiger partial charge in [0.1, 0.15) is 5.82 Å². The van der Waals surface area contributed by atoms with Crippen LogP contribution in [0.4, 0.5) is 0 Å². The van der Waals surface area contributed by atoms with E-state index in [4.69, 9.17) is 0 Å². The number of likely N-dealkylation sites (tertiary alicyclic amines) is 1. The van der Waals surface area contributed by atoms with Crippen LogP contribution in [-0.2, 0) is 4.79 Å². The number of aromatic nitrogens is 3. The van der Waals surface area contributed by atoms with Gasteiger partial charge in [-0.05, 0) is 38.5 Å². The van der Waals surface area contributed by atoms with Gasteiger partial charge < -0.3 is 4.90 Å². The molecular formula is C16H24N4O. The molecular weight excluding hydrogens is 264 g/mol. The van der Waals surface area contributed by atoms with E-state index in [1.807, 2.05) is 0 Å². The molecule has 1 N–H and O–H groups in total. The van der Waals surface area contributed by atoms with E-state index in [0.717, 1.165) is 50.4 Å². The van der Waals surface area contributed by atoms with E-state index in [1.165, 1.54) is 25.7 Å².